The molecule has 2 aromatic rings. The smallest absolute Gasteiger partial charge is 0.295 e. The summed E-state index contributed by atoms with van der Waals surface area (Å²) < 4.78 is 22.5. The van der Waals surface area contributed by atoms with Crippen molar-refractivity contribution in [2.75, 3.05) is 59.7 Å². The van der Waals surface area contributed by atoms with E-state index in [0.717, 1.165) is 25.2 Å². The molecule has 0 bridgehead atoms. The molecule has 2 fully saturated rings. The van der Waals surface area contributed by atoms with Gasteiger partial charge in [-0.15, -0.1) is 0 Å². The van der Waals surface area contributed by atoms with Gasteiger partial charge in [0.15, 0.2) is 11.5 Å². The van der Waals surface area contributed by atoms with Crippen LogP contribution in [0.2, 0.25) is 0 Å². The molecule has 0 radical (unpaired) electrons. The molecule has 9 heteroatoms. The minimum absolute atomic E-state index is 0.0616. The second-order valence-electron chi connectivity index (χ2n) is 10.8. The van der Waals surface area contributed by atoms with Crippen molar-refractivity contribution >= 4 is 17.4 Å². The number of hydrogen-bond donors (Lipinski definition) is 1. The van der Waals surface area contributed by atoms with Crippen molar-refractivity contribution in [3.63, 3.8) is 0 Å². The van der Waals surface area contributed by atoms with E-state index in [4.69, 9.17) is 18.9 Å². The number of methoxy groups -OCH3 is 1. The molecule has 0 spiro atoms. The third-order valence-electron chi connectivity index (χ3n) is 7.36. The normalized spacial score (nSPS) is 19.2. The lowest BCUT2D eigenvalue weighted by molar-refractivity contribution is -0.140. The molecular weight excluding hydrogens is 524 g/mol. The van der Waals surface area contributed by atoms with Crippen LogP contribution in [0.1, 0.15) is 49.9 Å². The summed E-state index contributed by atoms with van der Waals surface area (Å²) in [5.41, 5.74) is 1.94. The van der Waals surface area contributed by atoms with Gasteiger partial charge in [0.25, 0.3) is 11.7 Å². The monoisotopic (exact) mass is 566 g/mol. The minimum Gasteiger partial charge on any atom is -0.507 e. The second-order valence-corrected chi connectivity index (χ2v) is 10.8. The van der Waals surface area contributed by atoms with E-state index in [0.29, 0.717) is 73.7 Å². The SMILES string of the molecule is CCOc1ccc([C@H]2C(=C(O)c3ccc(OCC(C)C)cc3C)C(=O)C(=O)N2CCCN2CCOCC2)cc1OC. The Morgan fingerprint density at radius 2 is 1.80 bits per heavy atom. The Morgan fingerprint density at radius 1 is 1.05 bits per heavy atom. The number of morpholine rings is 1. The van der Waals surface area contributed by atoms with Crippen molar-refractivity contribution in [2.24, 2.45) is 5.92 Å². The first-order chi connectivity index (χ1) is 19.7. The quantitative estimate of drug-likeness (QED) is 0.227. The summed E-state index contributed by atoms with van der Waals surface area (Å²) in [6.45, 7) is 13.1. The molecule has 0 aromatic heterocycles. The van der Waals surface area contributed by atoms with Crippen LogP contribution in [0.5, 0.6) is 17.2 Å². The number of Topliss-reactive ketones (excluding diaryl/α,β-unsaturated/α-hetero) is 1. The van der Waals surface area contributed by atoms with Crippen LogP contribution in [0.3, 0.4) is 0 Å². The maximum atomic E-state index is 13.5. The Morgan fingerprint density at radius 3 is 2.46 bits per heavy atom. The minimum atomic E-state index is -0.777. The number of amides is 1. The first-order valence-electron chi connectivity index (χ1n) is 14.4. The second kappa shape index (κ2) is 13.9. The molecular formula is C32H42N2O7. The standard InChI is InChI=1S/C32H42N2O7/c1-6-40-26-11-8-23(19-27(26)38-5)29-28(30(35)25-10-9-24(18-22(25)4)41-20-21(2)3)31(36)32(37)34(29)13-7-12-33-14-16-39-17-15-33/h8-11,18-19,21,29,35H,6-7,12-17,20H2,1-5H3/t29-/m0/s1. The van der Waals surface area contributed by atoms with Gasteiger partial charge in [0, 0.05) is 31.7 Å². The number of aryl methyl sites for hydroxylation is 1. The summed E-state index contributed by atoms with van der Waals surface area (Å²) in [5, 5.41) is 11.6. The molecule has 0 aliphatic carbocycles. The van der Waals surface area contributed by atoms with Gasteiger partial charge in [0.1, 0.15) is 11.5 Å². The summed E-state index contributed by atoms with van der Waals surface area (Å²) in [4.78, 5) is 30.9. The molecule has 9 nitrogen and oxygen atoms in total. The first kappa shape index (κ1) is 30.4. The van der Waals surface area contributed by atoms with E-state index in [1.54, 1.807) is 36.3 Å². The zero-order chi connectivity index (χ0) is 29.5. The van der Waals surface area contributed by atoms with E-state index in [-0.39, 0.29) is 11.3 Å². The van der Waals surface area contributed by atoms with Crippen LogP contribution in [0.15, 0.2) is 42.0 Å². The van der Waals surface area contributed by atoms with Crippen LogP contribution < -0.4 is 14.2 Å². The number of carbonyl (C=O) groups is 2. The Bertz CT molecular complexity index is 1270. The molecule has 2 aliphatic rings. The largest absolute Gasteiger partial charge is 0.507 e. The number of likely N-dealkylation sites (tertiary alicyclic amines) is 1. The lowest BCUT2D eigenvalue weighted by Crippen LogP contribution is -2.39. The Hall–Kier alpha value is -3.56. The molecule has 2 heterocycles. The molecule has 4 rings (SSSR count). The highest BCUT2D eigenvalue weighted by Crippen LogP contribution is 2.42. The van der Waals surface area contributed by atoms with Gasteiger partial charge in [0.2, 0.25) is 0 Å². The Kier molecular flexibility index (Phi) is 10.3. The summed E-state index contributed by atoms with van der Waals surface area (Å²) >= 11 is 0. The Balaban J connectivity index is 1.72. The lowest BCUT2D eigenvalue weighted by Gasteiger charge is -2.29. The summed E-state index contributed by atoms with van der Waals surface area (Å²) in [6.07, 6.45) is 0.679. The number of hydrogen-bond acceptors (Lipinski definition) is 8. The predicted octanol–water partition coefficient (Wildman–Crippen LogP) is 4.58. The van der Waals surface area contributed by atoms with Gasteiger partial charge < -0.3 is 29.0 Å². The number of aliphatic hydroxyl groups is 1. The van der Waals surface area contributed by atoms with E-state index < -0.39 is 17.7 Å². The van der Waals surface area contributed by atoms with E-state index in [1.807, 2.05) is 26.0 Å². The maximum absolute atomic E-state index is 13.5. The van der Waals surface area contributed by atoms with E-state index in [9.17, 15) is 14.7 Å². The van der Waals surface area contributed by atoms with Gasteiger partial charge in [-0.2, -0.15) is 0 Å². The van der Waals surface area contributed by atoms with Crippen LogP contribution in [0.4, 0.5) is 0 Å². The van der Waals surface area contributed by atoms with Crippen molar-refractivity contribution in [2.45, 2.75) is 40.2 Å². The third-order valence-corrected chi connectivity index (χ3v) is 7.36. The number of ketones is 1. The van der Waals surface area contributed by atoms with Crippen molar-refractivity contribution < 1.29 is 33.6 Å². The van der Waals surface area contributed by atoms with Gasteiger partial charge in [0.05, 0.1) is 45.2 Å². The predicted molar refractivity (Wildman–Crippen MR) is 157 cm³/mol. The number of aliphatic hydroxyl groups excluding tert-OH is 1. The molecule has 0 unspecified atom stereocenters. The number of nitrogens with zero attached hydrogens (tertiary/aromatic N) is 2. The van der Waals surface area contributed by atoms with E-state index in [2.05, 4.69) is 18.7 Å². The fraction of sp³-hybridized carbons (Fsp3) is 0.500. The van der Waals surface area contributed by atoms with E-state index in [1.165, 1.54) is 0 Å². The molecule has 2 saturated heterocycles. The van der Waals surface area contributed by atoms with Gasteiger partial charge >= 0.3 is 0 Å². The Labute approximate surface area is 242 Å². The fourth-order valence-corrected chi connectivity index (χ4v) is 5.28. The molecule has 2 aliphatic heterocycles. The summed E-state index contributed by atoms with van der Waals surface area (Å²) in [6, 6.07) is 9.95. The average Bonchev–Trinajstić information content (AvgIpc) is 3.22. The molecule has 41 heavy (non-hydrogen) atoms. The third kappa shape index (κ3) is 7.02. The summed E-state index contributed by atoms with van der Waals surface area (Å²) in [7, 11) is 1.55. The summed E-state index contributed by atoms with van der Waals surface area (Å²) in [5.74, 6) is 0.580. The van der Waals surface area contributed by atoms with E-state index >= 15 is 0 Å². The number of rotatable bonds is 12. The number of benzene rings is 2. The van der Waals surface area contributed by atoms with Crippen LogP contribution >= 0.6 is 0 Å². The van der Waals surface area contributed by atoms with Crippen LogP contribution in [-0.2, 0) is 14.3 Å². The average molecular weight is 567 g/mol. The van der Waals surface area contributed by atoms with Crippen LogP contribution in [0.25, 0.3) is 5.76 Å². The molecule has 1 N–H and O–H groups in total. The van der Waals surface area contributed by atoms with Crippen molar-refractivity contribution in [3.05, 3.63) is 58.7 Å². The van der Waals surface area contributed by atoms with Crippen molar-refractivity contribution in [1.82, 2.24) is 9.80 Å². The topological polar surface area (TPSA) is 97.8 Å². The molecule has 1 atom stereocenters. The molecule has 1 amide bonds. The number of ether oxygens (including phenoxy) is 4. The van der Waals surface area contributed by atoms with Gasteiger partial charge in [-0.25, -0.2) is 0 Å². The molecule has 222 valence electrons. The van der Waals surface area contributed by atoms with Crippen molar-refractivity contribution in [3.8, 4) is 17.2 Å². The van der Waals surface area contributed by atoms with Gasteiger partial charge in [-0.05, 0) is 67.6 Å². The first-order valence-corrected chi connectivity index (χ1v) is 14.4. The molecule has 0 saturated carbocycles. The van der Waals surface area contributed by atoms with Crippen LogP contribution in [0, 0.1) is 12.8 Å². The molecule has 2 aromatic carbocycles. The van der Waals surface area contributed by atoms with Crippen molar-refractivity contribution in [1.29, 1.82) is 0 Å². The lowest BCUT2D eigenvalue weighted by atomic mass is 9.93. The highest BCUT2D eigenvalue weighted by atomic mass is 16.5. The highest BCUT2D eigenvalue weighted by Gasteiger charge is 2.46. The van der Waals surface area contributed by atoms with Gasteiger partial charge in [-0.1, -0.05) is 19.9 Å². The fourth-order valence-electron chi connectivity index (χ4n) is 5.28. The zero-order valence-corrected chi connectivity index (χ0v) is 24.8. The highest BCUT2D eigenvalue weighted by molar-refractivity contribution is 6.46. The number of carbonyl (C=O) groups excluding carboxylic acids is 2. The maximum Gasteiger partial charge on any atom is 0.295 e. The van der Waals surface area contributed by atoms with Crippen LogP contribution in [-0.4, -0.2) is 86.3 Å². The zero-order valence-electron chi connectivity index (χ0n) is 24.8. The van der Waals surface area contributed by atoms with Gasteiger partial charge in [-0.3, -0.25) is 14.5 Å².